The van der Waals surface area contributed by atoms with Crippen LogP contribution in [0.4, 0.5) is 18.0 Å². The van der Waals surface area contributed by atoms with Crippen molar-refractivity contribution < 1.29 is 31.1 Å². The summed E-state index contributed by atoms with van der Waals surface area (Å²) in [6.45, 7) is -2.05. The number of aliphatic imine (C=N–C) groups is 1. The Morgan fingerprint density at radius 1 is 1.22 bits per heavy atom. The lowest BCUT2D eigenvalue weighted by atomic mass is 9.92. The van der Waals surface area contributed by atoms with E-state index in [0.29, 0.717) is 51.7 Å². The number of carbonyl (C=O) groups excluding carboxylic acids is 1. The van der Waals surface area contributed by atoms with Crippen LogP contribution in [0, 0.1) is 5.82 Å². The first-order valence-electron chi connectivity index (χ1n) is 14.0. The predicted octanol–water partition coefficient (Wildman–Crippen LogP) is 3.92. The summed E-state index contributed by atoms with van der Waals surface area (Å²) in [5, 5.41) is 9.17. The van der Waals surface area contributed by atoms with E-state index < -0.39 is 46.4 Å². The zero-order chi connectivity index (χ0) is 31.5. The second-order valence-corrected chi connectivity index (χ2v) is 14.1. The van der Waals surface area contributed by atoms with E-state index in [0.717, 1.165) is 12.3 Å². The zero-order valence-corrected chi connectivity index (χ0v) is 25.8. The highest BCUT2D eigenvalue weighted by Crippen LogP contribution is 2.46. The molecule has 4 aliphatic heterocycles. The van der Waals surface area contributed by atoms with E-state index in [4.69, 9.17) is 21.3 Å². The van der Waals surface area contributed by atoms with Crippen LogP contribution >= 0.6 is 22.9 Å². The number of rotatable bonds is 7. The molecule has 238 valence electrons. The monoisotopic (exact) mass is 682 g/mol. The number of carbonyl (C=O) groups is 1. The molecule has 2 atom stereocenters. The van der Waals surface area contributed by atoms with Crippen molar-refractivity contribution in [1.82, 2.24) is 34.0 Å². The average Bonchev–Trinajstić information content (AvgIpc) is 3.80. The van der Waals surface area contributed by atoms with E-state index in [2.05, 4.69) is 20.1 Å². The fourth-order valence-corrected chi connectivity index (χ4v) is 8.54. The number of aromatic nitrogens is 3. The van der Waals surface area contributed by atoms with Gasteiger partial charge in [0.25, 0.3) is 10.2 Å². The molecule has 4 aliphatic rings. The lowest BCUT2D eigenvalue weighted by Crippen LogP contribution is -2.53. The largest absolute Gasteiger partial charge is 0.441 e. The highest BCUT2D eigenvalue weighted by Gasteiger charge is 2.46. The van der Waals surface area contributed by atoms with Crippen LogP contribution in [0.5, 0.6) is 0 Å². The third-order valence-corrected chi connectivity index (χ3v) is 11.2. The molecule has 3 fully saturated rings. The highest BCUT2D eigenvalue weighted by atomic mass is 35.5. The predicted molar refractivity (Wildman–Crippen MR) is 158 cm³/mol. The van der Waals surface area contributed by atoms with Crippen molar-refractivity contribution >= 4 is 50.6 Å². The maximum Gasteiger partial charge on any atom is 0.407 e. The molecule has 6 heterocycles. The second-order valence-electron chi connectivity index (χ2n) is 11.1. The van der Waals surface area contributed by atoms with Gasteiger partial charge in [-0.25, -0.2) is 18.9 Å². The molecule has 0 aliphatic carbocycles. The van der Waals surface area contributed by atoms with Gasteiger partial charge in [-0.1, -0.05) is 17.7 Å². The van der Waals surface area contributed by atoms with Crippen LogP contribution in [0.2, 0.25) is 5.02 Å². The minimum Gasteiger partial charge on any atom is -0.441 e. The van der Waals surface area contributed by atoms with E-state index in [-0.39, 0.29) is 36.8 Å². The Bertz CT molecular complexity index is 1810. The molecular weight excluding hydrogens is 657 g/mol. The number of alkyl carbamates (subject to hydrolysis) is 1. The van der Waals surface area contributed by atoms with Crippen molar-refractivity contribution in [1.29, 1.82) is 0 Å². The molecule has 1 aromatic carbocycles. The summed E-state index contributed by atoms with van der Waals surface area (Å²) in [6, 6.07) is 3.81. The minimum absolute atomic E-state index is 0.0864. The molecule has 0 radical (unpaired) electrons. The summed E-state index contributed by atoms with van der Waals surface area (Å²) < 4.78 is 78.5. The van der Waals surface area contributed by atoms with Gasteiger partial charge >= 0.3 is 12.6 Å². The van der Waals surface area contributed by atoms with Gasteiger partial charge in [0.15, 0.2) is 10.8 Å². The fraction of sp³-hybridized carbons (Fsp3) is 0.407. The van der Waals surface area contributed by atoms with Crippen LogP contribution in [0.1, 0.15) is 48.1 Å². The maximum absolute atomic E-state index is 14.1. The molecule has 0 saturated carbocycles. The van der Waals surface area contributed by atoms with Crippen molar-refractivity contribution in [2.45, 2.75) is 43.5 Å². The second kappa shape index (κ2) is 11.4. The molecule has 12 nitrogen and oxygen atoms in total. The summed E-state index contributed by atoms with van der Waals surface area (Å²) in [5.74, 6) is -0.109. The van der Waals surface area contributed by atoms with E-state index in [9.17, 15) is 26.4 Å². The van der Waals surface area contributed by atoms with Crippen molar-refractivity contribution in [3.05, 3.63) is 74.8 Å². The summed E-state index contributed by atoms with van der Waals surface area (Å²) in [4.78, 5) is 22.8. The van der Waals surface area contributed by atoms with Crippen LogP contribution in [0.15, 0.2) is 52.7 Å². The van der Waals surface area contributed by atoms with Crippen LogP contribution in [-0.2, 0) is 14.9 Å². The number of amides is 1. The number of ether oxygens (including phenoxy) is 1. The number of nitrogens with zero attached hydrogens (tertiary/aromatic N) is 6. The van der Waals surface area contributed by atoms with Crippen LogP contribution in [0.3, 0.4) is 0 Å². The topological polar surface area (TPSA) is 134 Å². The number of piperidine rings is 1. The Balaban J connectivity index is 1.25. The van der Waals surface area contributed by atoms with Crippen molar-refractivity contribution in [3.63, 3.8) is 0 Å². The van der Waals surface area contributed by atoms with Crippen molar-refractivity contribution in [3.8, 4) is 0 Å². The van der Waals surface area contributed by atoms with Gasteiger partial charge < -0.3 is 15.0 Å². The van der Waals surface area contributed by atoms with Gasteiger partial charge in [0, 0.05) is 84.6 Å². The summed E-state index contributed by atoms with van der Waals surface area (Å²) >= 11 is 7.84. The minimum atomic E-state index is -3.97. The molecule has 1 amide bonds. The Hall–Kier alpha value is -3.51. The number of thiazole rings is 1. The van der Waals surface area contributed by atoms with E-state index in [1.165, 1.54) is 33.8 Å². The quantitative estimate of drug-likeness (QED) is 0.386. The molecule has 3 aromatic rings. The smallest absolute Gasteiger partial charge is 0.407 e. The molecular formula is C27H26ClF3N8O4S2. The van der Waals surface area contributed by atoms with E-state index in [1.54, 1.807) is 11.6 Å². The lowest BCUT2D eigenvalue weighted by molar-refractivity contribution is 0.0170. The van der Waals surface area contributed by atoms with Gasteiger partial charge in [-0.05, 0) is 18.2 Å². The van der Waals surface area contributed by atoms with Gasteiger partial charge in [0.1, 0.15) is 17.5 Å². The van der Waals surface area contributed by atoms with Crippen LogP contribution in [-0.4, -0.2) is 82.1 Å². The summed E-state index contributed by atoms with van der Waals surface area (Å²) in [5.41, 5.74) is 0.963. The Morgan fingerprint density at radius 2 is 2.02 bits per heavy atom. The molecule has 7 rings (SSSR count). The van der Waals surface area contributed by atoms with Crippen LogP contribution < -0.4 is 10.0 Å². The number of nitrogens with one attached hydrogen (secondary N) is 2. The number of hydrogen-bond acceptors (Lipinski definition) is 9. The Morgan fingerprint density at radius 3 is 2.67 bits per heavy atom. The number of alkyl halides is 2. The fourth-order valence-electron chi connectivity index (χ4n) is 6.23. The molecule has 1 spiro atoms. The molecule has 2 N–H and O–H groups in total. The Kier molecular flexibility index (Phi) is 7.63. The standard InChI is InChI=1S/C27H26ClF3N8O4S2/c28-18-11-15(29)1-2-17(18)22-21(19-3-7-39(35-19)25(30)31)20-12-16(13-38(20)23(34-22)24-32-6-10-44-24)36-45(41,42)37-8-4-27(5-9-37)14-33-26(40)43-27/h1-3,6-7,10-11,16,22,25,36H,4-5,8-9,12-14H2,(H,33,40)/t16-,22-/m0/s1. The number of amidine groups is 1. The zero-order valence-electron chi connectivity index (χ0n) is 23.4. The van der Waals surface area contributed by atoms with Crippen molar-refractivity contribution in [2.24, 2.45) is 4.99 Å². The normalized spacial score (nSPS) is 23.4. The first kappa shape index (κ1) is 30.2. The first-order valence-corrected chi connectivity index (χ1v) is 16.7. The van der Waals surface area contributed by atoms with E-state index >= 15 is 0 Å². The SMILES string of the molecule is O=C1NCC2(CCN(S(=O)(=O)N[C@H]3CC4=C(c5ccn(C(F)F)n5)[C@H](c5ccc(F)cc5Cl)N=C(c5nccs5)N4C3)CC2)O1. The number of benzene rings is 1. The third kappa shape index (κ3) is 5.60. The van der Waals surface area contributed by atoms with Gasteiger partial charge in [-0.15, -0.1) is 11.3 Å². The van der Waals surface area contributed by atoms with Gasteiger partial charge in [-0.2, -0.15) is 31.3 Å². The molecule has 18 heteroatoms. The summed E-state index contributed by atoms with van der Waals surface area (Å²) in [6.07, 6.45) is 3.14. The Labute approximate surface area is 264 Å². The van der Waals surface area contributed by atoms with Crippen molar-refractivity contribution in [2.75, 3.05) is 26.2 Å². The third-order valence-electron chi connectivity index (χ3n) is 8.38. The van der Waals surface area contributed by atoms with Gasteiger partial charge in [-0.3, -0.25) is 4.99 Å². The average molecular weight is 683 g/mol. The molecule has 2 aromatic heterocycles. The lowest BCUT2D eigenvalue weighted by Gasteiger charge is -2.36. The number of halogens is 4. The molecule has 0 unspecified atom stereocenters. The molecule has 45 heavy (non-hydrogen) atoms. The summed E-state index contributed by atoms with van der Waals surface area (Å²) in [7, 11) is -3.97. The first-order chi connectivity index (χ1) is 21.5. The molecule has 0 bridgehead atoms. The number of hydrogen-bond donors (Lipinski definition) is 2. The molecule has 3 saturated heterocycles. The van der Waals surface area contributed by atoms with E-state index in [1.807, 2.05) is 4.90 Å². The van der Waals surface area contributed by atoms with Gasteiger partial charge in [0.2, 0.25) is 0 Å². The van der Waals surface area contributed by atoms with Gasteiger partial charge in [0.05, 0.1) is 12.2 Å². The maximum atomic E-state index is 14.1. The highest BCUT2D eigenvalue weighted by molar-refractivity contribution is 7.87. The number of fused-ring (bicyclic) bond motifs is 1. The van der Waals surface area contributed by atoms with Crippen LogP contribution in [0.25, 0.3) is 5.57 Å².